The standard InChI is InChI=1S/C10H13N5/c1-8-9(6-11-2)7-14-15(8)10-12-4-3-5-13-10/h3-5,7,11H,6H2,1-2H3. The van der Waals surface area contributed by atoms with Crippen LogP contribution in [0.5, 0.6) is 0 Å². The van der Waals surface area contributed by atoms with Gasteiger partial charge in [0.2, 0.25) is 0 Å². The van der Waals surface area contributed by atoms with Crippen LogP contribution in [0.3, 0.4) is 0 Å². The second-order valence-electron chi connectivity index (χ2n) is 3.25. The highest BCUT2D eigenvalue weighted by atomic mass is 15.3. The minimum atomic E-state index is 0.609. The Kier molecular flexibility index (Phi) is 2.73. The average Bonchev–Trinajstić information content (AvgIpc) is 2.63. The van der Waals surface area contributed by atoms with Gasteiger partial charge >= 0.3 is 0 Å². The van der Waals surface area contributed by atoms with Crippen LogP contribution in [-0.4, -0.2) is 26.8 Å². The van der Waals surface area contributed by atoms with Crippen LogP contribution in [-0.2, 0) is 6.54 Å². The van der Waals surface area contributed by atoms with Crippen molar-refractivity contribution in [3.05, 3.63) is 35.9 Å². The van der Waals surface area contributed by atoms with E-state index < -0.39 is 0 Å². The molecule has 0 aliphatic heterocycles. The molecule has 0 aliphatic carbocycles. The van der Waals surface area contributed by atoms with Gasteiger partial charge in [0.15, 0.2) is 0 Å². The molecule has 15 heavy (non-hydrogen) atoms. The Balaban J connectivity index is 2.38. The van der Waals surface area contributed by atoms with Crippen LogP contribution >= 0.6 is 0 Å². The predicted octanol–water partition coefficient (Wildman–Crippen LogP) is 0.690. The maximum absolute atomic E-state index is 4.26. The van der Waals surface area contributed by atoms with Crippen LogP contribution in [0.15, 0.2) is 24.7 Å². The predicted molar refractivity (Wildman–Crippen MR) is 56.7 cm³/mol. The topological polar surface area (TPSA) is 55.6 Å². The van der Waals surface area contributed by atoms with E-state index >= 15 is 0 Å². The van der Waals surface area contributed by atoms with E-state index in [-0.39, 0.29) is 0 Å². The van der Waals surface area contributed by atoms with Gasteiger partial charge in [0, 0.05) is 30.2 Å². The molecule has 0 spiro atoms. The molecule has 0 fully saturated rings. The van der Waals surface area contributed by atoms with Crippen LogP contribution < -0.4 is 5.32 Å². The quantitative estimate of drug-likeness (QED) is 0.797. The molecule has 2 aromatic rings. The van der Waals surface area contributed by atoms with Gasteiger partial charge in [-0.15, -0.1) is 0 Å². The Morgan fingerprint density at radius 1 is 1.33 bits per heavy atom. The van der Waals surface area contributed by atoms with Crippen molar-refractivity contribution < 1.29 is 0 Å². The van der Waals surface area contributed by atoms with Gasteiger partial charge in [-0.2, -0.15) is 5.10 Å². The minimum absolute atomic E-state index is 0.609. The van der Waals surface area contributed by atoms with Gasteiger partial charge in [-0.1, -0.05) is 0 Å². The molecule has 0 bridgehead atoms. The van der Waals surface area contributed by atoms with Gasteiger partial charge in [0.05, 0.1) is 6.20 Å². The minimum Gasteiger partial charge on any atom is -0.316 e. The molecule has 5 heteroatoms. The van der Waals surface area contributed by atoms with Crippen LogP contribution in [0, 0.1) is 6.92 Å². The number of nitrogens with one attached hydrogen (secondary N) is 1. The molecule has 0 atom stereocenters. The summed E-state index contributed by atoms with van der Waals surface area (Å²) >= 11 is 0. The fourth-order valence-electron chi connectivity index (χ4n) is 1.41. The van der Waals surface area contributed by atoms with E-state index in [1.807, 2.05) is 20.2 Å². The van der Waals surface area contributed by atoms with E-state index in [1.54, 1.807) is 23.1 Å². The monoisotopic (exact) mass is 203 g/mol. The maximum atomic E-state index is 4.26. The van der Waals surface area contributed by atoms with E-state index in [9.17, 15) is 0 Å². The molecule has 5 nitrogen and oxygen atoms in total. The number of rotatable bonds is 3. The summed E-state index contributed by atoms with van der Waals surface area (Å²) in [6.07, 6.45) is 5.25. The second kappa shape index (κ2) is 4.18. The molecule has 0 unspecified atom stereocenters. The van der Waals surface area contributed by atoms with Crippen molar-refractivity contribution in [1.29, 1.82) is 0 Å². The molecular weight excluding hydrogens is 190 g/mol. The summed E-state index contributed by atoms with van der Waals surface area (Å²) in [5.74, 6) is 0.609. The third-order valence-electron chi connectivity index (χ3n) is 2.22. The molecule has 0 radical (unpaired) electrons. The van der Waals surface area contributed by atoms with Crippen LogP contribution in [0.4, 0.5) is 0 Å². The number of aromatic nitrogens is 4. The molecule has 0 saturated carbocycles. The lowest BCUT2D eigenvalue weighted by Crippen LogP contribution is -2.08. The van der Waals surface area contributed by atoms with Crippen LogP contribution in [0.1, 0.15) is 11.3 Å². The second-order valence-corrected chi connectivity index (χ2v) is 3.25. The molecule has 0 saturated heterocycles. The Labute approximate surface area is 88.2 Å². The van der Waals surface area contributed by atoms with Crippen molar-refractivity contribution in [3.63, 3.8) is 0 Å². The van der Waals surface area contributed by atoms with E-state index in [0.717, 1.165) is 17.8 Å². The van der Waals surface area contributed by atoms with Crippen molar-refractivity contribution in [3.8, 4) is 5.95 Å². The van der Waals surface area contributed by atoms with Crippen molar-refractivity contribution >= 4 is 0 Å². The lowest BCUT2D eigenvalue weighted by Gasteiger charge is -2.02. The van der Waals surface area contributed by atoms with Crippen LogP contribution in [0.2, 0.25) is 0 Å². The van der Waals surface area contributed by atoms with E-state index in [4.69, 9.17) is 0 Å². The van der Waals surface area contributed by atoms with Gasteiger partial charge in [-0.3, -0.25) is 0 Å². The van der Waals surface area contributed by atoms with E-state index in [0.29, 0.717) is 5.95 Å². The van der Waals surface area contributed by atoms with Gasteiger partial charge in [0.1, 0.15) is 0 Å². The van der Waals surface area contributed by atoms with E-state index in [2.05, 4.69) is 20.4 Å². The molecule has 0 aliphatic rings. The first-order chi connectivity index (χ1) is 7.33. The Hall–Kier alpha value is -1.75. The first-order valence-corrected chi connectivity index (χ1v) is 4.78. The fraction of sp³-hybridized carbons (Fsp3) is 0.300. The van der Waals surface area contributed by atoms with Crippen LogP contribution in [0.25, 0.3) is 5.95 Å². The highest BCUT2D eigenvalue weighted by Gasteiger charge is 2.08. The highest BCUT2D eigenvalue weighted by molar-refractivity contribution is 5.22. The summed E-state index contributed by atoms with van der Waals surface area (Å²) in [7, 11) is 1.91. The Bertz CT molecular complexity index is 434. The summed E-state index contributed by atoms with van der Waals surface area (Å²) in [4.78, 5) is 8.30. The van der Waals surface area contributed by atoms with Crippen molar-refractivity contribution in [2.45, 2.75) is 13.5 Å². The molecule has 2 aromatic heterocycles. The van der Waals surface area contributed by atoms with Crippen molar-refractivity contribution in [2.24, 2.45) is 0 Å². The first kappa shape index (κ1) is 9.79. The maximum Gasteiger partial charge on any atom is 0.250 e. The van der Waals surface area contributed by atoms with Gasteiger partial charge < -0.3 is 5.32 Å². The van der Waals surface area contributed by atoms with Crippen molar-refractivity contribution in [2.75, 3.05) is 7.05 Å². The SMILES string of the molecule is CNCc1cnn(-c2ncccn2)c1C. The van der Waals surface area contributed by atoms with E-state index in [1.165, 1.54) is 0 Å². The van der Waals surface area contributed by atoms with Gasteiger partial charge in [-0.05, 0) is 20.0 Å². The van der Waals surface area contributed by atoms with Gasteiger partial charge in [-0.25, -0.2) is 14.6 Å². The third kappa shape index (κ3) is 1.87. The Morgan fingerprint density at radius 2 is 2.07 bits per heavy atom. The molecule has 0 amide bonds. The number of hydrogen-bond acceptors (Lipinski definition) is 4. The number of nitrogens with zero attached hydrogens (tertiary/aromatic N) is 4. The smallest absolute Gasteiger partial charge is 0.250 e. The molecular formula is C10H13N5. The fourth-order valence-corrected chi connectivity index (χ4v) is 1.41. The zero-order chi connectivity index (χ0) is 10.7. The summed E-state index contributed by atoms with van der Waals surface area (Å²) < 4.78 is 1.74. The molecule has 2 rings (SSSR count). The summed E-state index contributed by atoms with van der Waals surface area (Å²) in [6.45, 7) is 2.81. The number of hydrogen-bond donors (Lipinski definition) is 1. The first-order valence-electron chi connectivity index (χ1n) is 4.78. The highest BCUT2D eigenvalue weighted by Crippen LogP contribution is 2.09. The summed E-state index contributed by atoms with van der Waals surface area (Å²) in [5, 5.41) is 7.35. The average molecular weight is 203 g/mol. The summed E-state index contributed by atoms with van der Waals surface area (Å²) in [6, 6.07) is 1.79. The zero-order valence-corrected chi connectivity index (χ0v) is 8.81. The lowest BCUT2D eigenvalue weighted by atomic mass is 10.2. The Morgan fingerprint density at radius 3 is 2.73 bits per heavy atom. The van der Waals surface area contributed by atoms with Gasteiger partial charge in [0.25, 0.3) is 5.95 Å². The molecule has 0 aromatic carbocycles. The normalized spacial score (nSPS) is 10.5. The molecule has 78 valence electrons. The lowest BCUT2D eigenvalue weighted by molar-refractivity contribution is 0.771. The third-order valence-corrected chi connectivity index (χ3v) is 2.22. The summed E-state index contributed by atoms with van der Waals surface area (Å²) in [5.41, 5.74) is 2.22. The zero-order valence-electron chi connectivity index (χ0n) is 8.81. The van der Waals surface area contributed by atoms with Crippen molar-refractivity contribution in [1.82, 2.24) is 25.1 Å². The molecule has 2 heterocycles. The molecule has 1 N–H and O–H groups in total. The largest absolute Gasteiger partial charge is 0.316 e.